The number of nitrogens with one attached hydrogen (secondary N) is 1. The molecule has 35 heavy (non-hydrogen) atoms. The Kier molecular flexibility index (Phi) is 5.96. The molecule has 0 aromatic heterocycles. The van der Waals surface area contributed by atoms with Gasteiger partial charge in [0.1, 0.15) is 5.75 Å². The molecule has 1 atom stereocenters. The van der Waals surface area contributed by atoms with E-state index in [1.807, 2.05) is 66.7 Å². The van der Waals surface area contributed by atoms with E-state index in [4.69, 9.17) is 15.5 Å². The lowest BCUT2D eigenvalue weighted by Crippen LogP contribution is -2.49. The fourth-order valence-corrected chi connectivity index (χ4v) is 3.98. The highest BCUT2D eigenvalue weighted by molar-refractivity contribution is 6.20. The van der Waals surface area contributed by atoms with Crippen LogP contribution in [-0.4, -0.2) is 23.8 Å². The third kappa shape index (κ3) is 4.47. The van der Waals surface area contributed by atoms with Gasteiger partial charge in [0.2, 0.25) is 6.17 Å². The molecule has 7 heteroatoms. The number of hydrogen-bond acceptors (Lipinski definition) is 4. The van der Waals surface area contributed by atoms with Gasteiger partial charge in [-0.25, -0.2) is 9.79 Å². The van der Waals surface area contributed by atoms with Gasteiger partial charge in [0.05, 0.1) is 17.1 Å². The van der Waals surface area contributed by atoms with Crippen molar-refractivity contribution in [1.82, 2.24) is 0 Å². The zero-order valence-corrected chi connectivity index (χ0v) is 18.7. The molecular formula is C28H22N4O3. The number of nitrogens with zero attached hydrogens (tertiary/aromatic N) is 2. The number of carbonyl (C=O) groups is 2. The van der Waals surface area contributed by atoms with Crippen molar-refractivity contribution in [3.8, 4) is 11.5 Å². The number of aliphatic imine (C=N–C) groups is 1. The lowest BCUT2D eigenvalue weighted by atomic mass is 10.0. The lowest BCUT2D eigenvalue weighted by Gasteiger charge is -2.27. The van der Waals surface area contributed by atoms with Gasteiger partial charge in [-0.3, -0.25) is 9.69 Å². The Morgan fingerprint density at radius 1 is 0.829 bits per heavy atom. The summed E-state index contributed by atoms with van der Waals surface area (Å²) in [5.74, 6) is 0.454. The Balaban J connectivity index is 1.64. The van der Waals surface area contributed by atoms with E-state index < -0.39 is 18.1 Å². The molecular weight excluding hydrogens is 440 g/mol. The van der Waals surface area contributed by atoms with Crippen LogP contribution in [-0.2, 0) is 4.79 Å². The van der Waals surface area contributed by atoms with Crippen LogP contribution in [0, 0.1) is 0 Å². The zero-order chi connectivity index (χ0) is 24.2. The summed E-state index contributed by atoms with van der Waals surface area (Å²) in [5, 5.41) is 2.90. The number of carbonyl (C=O) groups excluding carboxylic acids is 2. The van der Waals surface area contributed by atoms with Crippen LogP contribution in [0.15, 0.2) is 114 Å². The van der Waals surface area contributed by atoms with Crippen LogP contribution in [0.5, 0.6) is 11.5 Å². The van der Waals surface area contributed by atoms with Crippen molar-refractivity contribution >= 4 is 29.0 Å². The first-order valence-electron chi connectivity index (χ1n) is 11.1. The molecule has 0 aliphatic carbocycles. The minimum Gasteiger partial charge on any atom is -0.455 e. The minimum absolute atomic E-state index is 0.325. The molecule has 1 unspecified atom stereocenters. The minimum atomic E-state index is -1.27. The van der Waals surface area contributed by atoms with Crippen LogP contribution in [0.2, 0.25) is 0 Å². The highest BCUT2D eigenvalue weighted by atomic mass is 16.5. The van der Waals surface area contributed by atoms with Crippen molar-refractivity contribution in [2.24, 2.45) is 10.7 Å². The molecule has 7 nitrogen and oxygen atoms in total. The number of amides is 3. The number of benzene rings is 4. The molecule has 5 rings (SSSR count). The quantitative estimate of drug-likeness (QED) is 0.428. The standard InChI is InChI=1S/C28H22N4O3/c29-28(34)32(23-17-9-10-18-24(23)35-20-13-5-2-6-14-20)26-27(33)30-22-16-8-7-15-21(22)25(31-26)19-11-3-1-4-12-19/h1-18,26H,(H2,29,34)(H,30,33). The van der Waals surface area contributed by atoms with E-state index in [0.717, 1.165) is 16.0 Å². The van der Waals surface area contributed by atoms with Crippen LogP contribution >= 0.6 is 0 Å². The predicted octanol–water partition coefficient (Wildman–Crippen LogP) is 5.18. The summed E-state index contributed by atoms with van der Waals surface area (Å²) in [5.41, 5.74) is 8.89. The van der Waals surface area contributed by atoms with Crippen LogP contribution in [0.3, 0.4) is 0 Å². The third-order valence-corrected chi connectivity index (χ3v) is 5.55. The summed E-state index contributed by atoms with van der Waals surface area (Å²) < 4.78 is 6.04. The molecule has 0 saturated carbocycles. The van der Waals surface area contributed by atoms with Gasteiger partial charge < -0.3 is 15.8 Å². The molecule has 0 saturated heterocycles. The summed E-state index contributed by atoms with van der Waals surface area (Å²) in [6, 6.07) is 32.1. The average Bonchev–Trinajstić information content (AvgIpc) is 3.02. The van der Waals surface area contributed by atoms with E-state index in [2.05, 4.69) is 5.32 Å². The maximum absolute atomic E-state index is 13.4. The summed E-state index contributed by atoms with van der Waals surface area (Å²) in [6.45, 7) is 0. The van der Waals surface area contributed by atoms with E-state index >= 15 is 0 Å². The van der Waals surface area contributed by atoms with Crippen molar-refractivity contribution in [2.45, 2.75) is 6.17 Å². The Morgan fingerprint density at radius 3 is 2.20 bits per heavy atom. The number of rotatable bonds is 5. The molecule has 4 aromatic rings. The summed E-state index contributed by atoms with van der Waals surface area (Å²) in [6.07, 6.45) is -1.27. The maximum Gasteiger partial charge on any atom is 0.321 e. The highest BCUT2D eigenvalue weighted by Crippen LogP contribution is 2.35. The monoisotopic (exact) mass is 462 g/mol. The van der Waals surface area contributed by atoms with Crippen LogP contribution in [0.25, 0.3) is 0 Å². The Labute approximate surface area is 202 Å². The van der Waals surface area contributed by atoms with Gasteiger partial charge in [-0.1, -0.05) is 78.9 Å². The summed E-state index contributed by atoms with van der Waals surface area (Å²) in [4.78, 5) is 32.2. The van der Waals surface area contributed by atoms with Crippen molar-refractivity contribution in [1.29, 1.82) is 0 Å². The van der Waals surface area contributed by atoms with Crippen molar-refractivity contribution < 1.29 is 14.3 Å². The highest BCUT2D eigenvalue weighted by Gasteiger charge is 2.35. The number of fused-ring (bicyclic) bond motifs is 1. The number of ether oxygens (including phenoxy) is 1. The number of benzodiazepines with no additional fused rings is 1. The van der Waals surface area contributed by atoms with Gasteiger partial charge in [0.25, 0.3) is 5.91 Å². The first kappa shape index (κ1) is 21.9. The zero-order valence-electron chi connectivity index (χ0n) is 18.7. The fourth-order valence-electron chi connectivity index (χ4n) is 3.98. The summed E-state index contributed by atoms with van der Waals surface area (Å²) >= 11 is 0. The number of hydrogen-bond donors (Lipinski definition) is 2. The summed E-state index contributed by atoms with van der Waals surface area (Å²) in [7, 11) is 0. The maximum atomic E-state index is 13.4. The SMILES string of the molecule is NC(=O)N(c1ccccc1Oc1ccccc1)C1N=C(c2ccccc2)c2ccccc2NC1=O. The van der Waals surface area contributed by atoms with Crippen molar-refractivity contribution in [3.63, 3.8) is 0 Å². The fraction of sp³-hybridized carbons (Fsp3) is 0.0357. The normalized spacial score (nSPS) is 14.7. The average molecular weight is 463 g/mol. The smallest absolute Gasteiger partial charge is 0.321 e. The second-order valence-electron chi connectivity index (χ2n) is 7.84. The molecule has 4 aromatic carbocycles. The van der Waals surface area contributed by atoms with E-state index in [-0.39, 0.29) is 0 Å². The van der Waals surface area contributed by atoms with Crippen molar-refractivity contribution in [3.05, 3.63) is 120 Å². The van der Waals surface area contributed by atoms with E-state index in [1.54, 1.807) is 42.5 Å². The van der Waals surface area contributed by atoms with Crippen LogP contribution < -0.4 is 20.7 Å². The van der Waals surface area contributed by atoms with E-state index in [9.17, 15) is 9.59 Å². The van der Waals surface area contributed by atoms with Crippen molar-refractivity contribution in [2.75, 3.05) is 10.2 Å². The third-order valence-electron chi connectivity index (χ3n) is 5.55. The Morgan fingerprint density at radius 2 is 1.46 bits per heavy atom. The number of primary amides is 1. The number of para-hydroxylation sites is 4. The molecule has 0 fully saturated rings. The van der Waals surface area contributed by atoms with E-state index in [1.165, 1.54) is 0 Å². The van der Waals surface area contributed by atoms with Crippen LogP contribution in [0.4, 0.5) is 16.2 Å². The molecule has 0 radical (unpaired) electrons. The molecule has 3 amide bonds. The van der Waals surface area contributed by atoms with E-state index in [0.29, 0.717) is 28.6 Å². The van der Waals surface area contributed by atoms with Gasteiger partial charge in [-0.05, 0) is 30.3 Å². The number of anilines is 2. The molecule has 0 spiro atoms. The topological polar surface area (TPSA) is 97.0 Å². The molecule has 1 aliphatic heterocycles. The molecule has 0 bridgehead atoms. The van der Waals surface area contributed by atoms with Gasteiger partial charge in [0, 0.05) is 11.1 Å². The molecule has 1 aliphatic rings. The largest absolute Gasteiger partial charge is 0.455 e. The molecule has 1 heterocycles. The second kappa shape index (κ2) is 9.52. The van der Waals surface area contributed by atoms with Gasteiger partial charge in [-0.2, -0.15) is 0 Å². The van der Waals surface area contributed by atoms with Gasteiger partial charge in [0.15, 0.2) is 5.75 Å². The lowest BCUT2D eigenvalue weighted by molar-refractivity contribution is -0.117. The predicted molar refractivity (Wildman–Crippen MR) is 136 cm³/mol. The van der Waals surface area contributed by atoms with Gasteiger partial charge >= 0.3 is 6.03 Å². The Hall–Kier alpha value is -4.91. The first-order chi connectivity index (χ1) is 17.1. The number of urea groups is 1. The molecule has 3 N–H and O–H groups in total. The first-order valence-corrected chi connectivity index (χ1v) is 11.1. The van der Waals surface area contributed by atoms with Crippen LogP contribution in [0.1, 0.15) is 11.1 Å². The van der Waals surface area contributed by atoms with Gasteiger partial charge in [-0.15, -0.1) is 0 Å². The second-order valence-corrected chi connectivity index (χ2v) is 7.84. The number of nitrogens with two attached hydrogens (primary N) is 1. The Bertz CT molecular complexity index is 1400. The molecule has 172 valence electrons.